The second kappa shape index (κ2) is 5.75. The molecule has 0 radical (unpaired) electrons. The summed E-state index contributed by atoms with van der Waals surface area (Å²) in [6.07, 6.45) is 1.44. The largest absolute Gasteiger partial charge is 0.389 e. The van der Waals surface area contributed by atoms with Crippen molar-refractivity contribution in [3.63, 3.8) is 0 Å². The van der Waals surface area contributed by atoms with Crippen molar-refractivity contribution in [2.24, 2.45) is 5.73 Å². The number of nitrogens with one attached hydrogen (secondary N) is 1. The molecule has 0 atom stereocenters. The highest BCUT2D eigenvalue weighted by Crippen LogP contribution is 2.17. The van der Waals surface area contributed by atoms with Gasteiger partial charge in [-0.2, -0.15) is 0 Å². The quantitative estimate of drug-likeness (QED) is 0.852. The van der Waals surface area contributed by atoms with Gasteiger partial charge in [-0.25, -0.2) is 4.39 Å². The van der Waals surface area contributed by atoms with Crippen LogP contribution < -0.4 is 11.1 Å². The zero-order valence-electron chi connectivity index (χ0n) is 10.7. The Morgan fingerprint density at radius 1 is 1.30 bits per heavy atom. The Labute approximate surface area is 120 Å². The van der Waals surface area contributed by atoms with E-state index in [9.17, 15) is 9.18 Å². The molecule has 20 heavy (non-hydrogen) atoms. The number of aromatic nitrogens is 1. The van der Waals surface area contributed by atoms with Crippen molar-refractivity contribution in [3.8, 4) is 0 Å². The van der Waals surface area contributed by atoms with E-state index in [1.807, 2.05) is 6.92 Å². The molecule has 0 aliphatic carbocycles. The van der Waals surface area contributed by atoms with Gasteiger partial charge >= 0.3 is 0 Å². The number of nitrogens with two attached hydrogens (primary N) is 1. The van der Waals surface area contributed by atoms with Crippen LogP contribution in [0.25, 0.3) is 0 Å². The van der Waals surface area contributed by atoms with Crippen LogP contribution in [-0.4, -0.2) is 15.9 Å². The molecule has 6 heteroatoms. The highest BCUT2D eigenvalue weighted by Gasteiger charge is 2.10. The minimum Gasteiger partial charge on any atom is -0.389 e. The predicted molar refractivity (Wildman–Crippen MR) is 79.2 cm³/mol. The molecule has 4 nitrogen and oxygen atoms in total. The maximum Gasteiger partial charge on any atom is 0.257 e. The first-order chi connectivity index (χ1) is 9.47. The molecular formula is C14H12FN3OS. The Kier molecular flexibility index (Phi) is 4.05. The average molecular weight is 289 g/mol. The summed E-state index contributed by atoms with van der Waals surface area (Å²) in [6.45, 7) is 1.82. The van der Waals surface area contributed by atoms with Crippen LogP contribution in [0.2, 0.25) is 0 Å². The zero-order valence-corrected chi connectivity index (χ0v) is 11.5. The molecule has 3 N–H and O–H groups in total. The monoisotopic (exact) mass is 289 g/mol. The fourth-order valence-electron chi connectivity index (χ4n) is 1.57. The van der Waals surface area contributed by atoms with Crippen LogP contribution in [0.1, 0.15) is 21.6 Å². The molecule has 1 aromatic heterocycles. The van der Waals surface area contributed by atoms with Gasteiger partial charge in [0.05, 0.1) is 11.3 Å². The summed E-state index contributed by atoms with van der Waals surface area (Å²) in [7, 11) is 0. The topological polar surface area (TPSA) is 68.0 Å². The fraction of sp³-hybridized carbons (Fsp3) is 0.0714. The SMILES string of the molecule is Cc1ccc(C(=O)Nc2ccc(C(N)=S)cc2F)cn1. The van der Waals surface area contributed by atoms with Crippen molar-refractivity contribution >= 4 is 28.8 Å². The van der Waals surface area contributed by atoms with E-state index in [1.54, 1.807) is 18.2 Å². The smallest absolute Gasteiger partial charge is 0.257 e. The second-order valence-electron chi connectivity index (χ2n) is 4.20. The Morgan fingerprint density at radius 2 is 2.00 bits per heavy atom. The van der Waals surface area contributed by atoms with Crippen molar-refractivity contribution in [2.75, 3.05) is 5.32 Å². The van der Waals surface area contributed by atoms with E-state index in [0.717, 1.165) is 5.69 Å². The number of hydrogen-bond donors (Lipinski definition) is 2. The van der Waals surface area contributed by atoms with Gasteiger partial charge in [0.25, 0.3) is 5.91 Å². The molecule has 0 aliphatic rings. The molecule has 0 fully saturated rings. The van der Waals surface area contributed by atoms with Gasteiger partial charge in [-0.15, -0.1) is 0 Å². The van der Waals surface area contributed by atoms with Crippen LogP contribution in [0.15, 0.2) is 36.5 Å². The number of aryl methyl sites for hydroxylation is 1. The molecule has 0 unspecified atom stereocenters. The summed E-state index contributed by atoms with van der Waals surface area (Å²) in [6, 6.07) is 7.49. The number of anilines is 1. The number of nitrogens with zero attached hydrogens (tertiary/aromatic N) is 1. The third kappa shape index (κ3) is 3.16. The number of rotatable bonds is 3. The summed E-state index contributed by atoms with van der Waals surface area (Å²) in [5.41, 5.74) is 7.04. The maximum atomic E-state index is 13.8. The van der Waals surface area contributed by atoms with E-state index in [-0.39, 0.29) is 10.7 Å². The molecule has 1 amide bonds. The minimum atomic E-state index is -0.594. The molecule has 2 aromatic rings. The van der Waals surface area contributed by atoms with Crippen LogP contribution in [0.3, 0.4) is 0 Å². The van der Waals surface area contributed by atoms with E-state index < -0.39 is 11.7 Å². The summed E-state index contributed by atoms with van der Waals surface area (Å²) < 4.78 is 13.8. The second-order valence-corrected chi connectivity index (χ2v) is 4.64. The van der Waals surface area contributed by atoms with Gasteiger partial charge in [0.1, 0.15) is 10.8 Å². The van der Waals surface area contributed by atoms with E-state index in [0.29, 0.717) is 11.1 Å². The zero-order chi connectivity index (χ0) is 14.7. The Balaban J connectivity index is 2.19. The van der Waals surface area contributed by atoms with Crippen molar-refractivity contribution in [1.82, 2.24) is 4.98 Å². The van der Waals surface area contributed by atoms with E-state index in [2.05, 4.69) is 10.3 Å². The molecule has 0 bridgehead atoms. The number of pyridine rings is 1. The molecule has 2 rings (SSSR count). The molecule has 0 saturated carbocycles. The number of benzene rings is 1. The standard InChI is InChI=1S/C14H12FN3OS/c1-8-2-3-10(7-17-8)14(19)18-12-5-4-9(13(16)20)6-11(12)15/h2-7H,1H3,(H2,16,20)(H,18,19). The lowest BCUT2D eigenvalue weighted by molar-refractivity contribution is 0.102. The molecule has 0 spiro atoms. The lowest BCUT2D eigenvalue weighted by Crippen LogP contribution is -2.14. The predicted octanol–water partition coefficient (Wildman–Crippen LogP) is 2.42. The first kappa shape index (κ1) is 14.1. The van der Waals surface area contributed by atoms with Crippen LogP contribution in [-0.2, 0) is 0 Å². The van der Waals surface area contributed by atoms with Gasteiger partial charge in [-0.05, 0) is 37.3 Å². The number of carbonyl (C=O) groups is 1. The maximum absolute atomic E-state index is 13.8. The van der Waals surface area contributed by atoms with Crippen LogP contribution in [0.5, 0.6) is 0 Å². The number of halogens is 1. The first-order valence-electron chi connectivity index (χ1n) is 5.81. The third-order valence-electron chi connectivity index (χ3n) is 2.68. The Morgan fingerprint density at radius 3 is 2.55 bits per heavy atom. The first-order valence-corrected chi connectivity index (χ1v) is 6.21. The number of carbonyl (C=O) groups excluding carboxylic acids is 1. The van der Waals surface area contributed by atoms with Gasteiger partial charge in [0.15, 0.2) is 0 Å². The van der Waals surface area contributed by atoms with E-state index >= 15 is 0 Å². The highest BCUT2D eigenvalue weighted by atomic mass is 32.1. The van der Waals surface area contributed by atoms with Crippen molar-refractivity contribution < 1.29 is 9.18 Å². The van der Waals surface area contributed by atoms with Gasteiger partial charge in [-0.3, -0.25) is 9.78 Å². The summed E-state index contributed by atoms with van der Waals surface area (Å²) in [5.74, 6) is -1.02. The minimum absolute atomic E-state index is 0.0653. The summed E-state index contributed by atoms with van der Waals surface area (Å²) >= 11 is 4.76. The normalized spacial score (nSPS) is 10.1. The van der Waals surface area contributed by atoms with Crippen molar-refractivity contribution in [1.29, 1.82) is 0 Å². The fourth-order valence-corrected chi connectivity index (χ4v) is 1.69. The Bertz CT molecular complexity index is 671. The molecule has 0 saturated heterocycles. The van der Waals surface area contributed by atoms with Crippen LogP contribution >= 0.6 is 12.2 Å². The van der Waals surface area contributed by atoms with E-state index in [4.69, 9.17) is 18.0 Å². The van der Waals surface area contributed by atoms with Crippen LogP contribution in [0, 0.1) is 12.7 Å². The molecule has 1 heterocycles. The number of hydrogen-bond acceptors (Lipinski definition) is 3. The summed E-state index contributed by atoms with van der Waals surface area (Å²) in [4.78, 5) is 16.0. The molecular weight excluding hydrogens is 277 g/mol. The van der Waals surface area contributed by atoms with Crippen LogP contribution in [0.4, 0.5) is 10.1 Å². The average Bonchev–Trinajstić information content (AvgIpc) is 2.41. The highest BCUT2D eigenvalue weighted by molar-refractivity contribution is 7.80. The number of thiocarbonyl (C=S) groups is 1. The molecule has 0 aliphatic heterocycles. The van der Waals surface area contributed by atoms with Gasteiger partial charge < -0.3 is 11.1 Å². The van der Waals surface area contributed by atoms with Gasteiger partial charge in [0, 0.05) is 17.5 Å². The Hall–Kier alpha value is -2.34. The lowest BCUT2D eigenvalue weighted by atomic mass is 10.2. The lowest BCUT2D eigenvalue weighted by Gasteiger charge is -2.07. The third-order valence-corrected chi connectivity index (χ3v) is 2.91. The molecule has 102 valence electrons. The molecule has 1 aromatic carbocycles. The van der Waals surface area contributed by atoms with Gasteiger partial charge in [-0.1, -0.05) is 12.2 Å². The van der Waals surface area contributed by atoms with Crippen molar-refractivity contribution in [2.45, 2.75) is 6.92 Å². The van der Waals surface area contributed by atoms with Gasteiger partial charge in [0.2, 0.25) is 0 Å². The number of amides is 1. The van der Waals surface area contributed by atoms with Crippen molar-refractivity contribution in [3.05, 3.63) is 59.2 Å². The van der Waals surface area contributed by atoms with E-state index in [1.165, 1.54) is 18.3 Å². The summed E-state index contributed by atoms with van der Waals surface area (Å²) in [5, 5.41) is 2.47.